The lowest BCUT2D eigenvalue weighted by atomic mass is 10.0. The zero-order chi connectivity index (χ0) is 18.8. The molecule has 0 saturated carbocycles. The lowest BCUT2D eigenvalue weighted by molar-refractivity contribution is -0.134. The number of H-pyrrole nitrogens is 1. The number of carboxylic acid groups (broad SMARTS) is 1. The molecule has 0 bridgehead atoms. The molecule has 0 aliphatic rings. The maximum atomic E-state index is 10.8. The zero-order valence-corrected chi connectivity index (χ0v) is 14.6. The first-order valence-corrected chi connectivity index (χ1v) is 8.43. The van der Waals surface area contributed by atoms with E-state index in [1.807, 2.05) is 49.5 Å². The van der Waals surface area contributed by atoms with Gasteiger partial charge in [-0.1, -0.05) is 24.3 Å². The van der Waals surface area contributed by atoms with E-state index in [-0.39, 0.29) is 6.54 Å². The number of aryl methyl sites for hydroxylation is 1. The van der Waals surface area contributed by atoms with Crippen LogP contribution in [0.1, 0.15) is 5.56 Å². The largest absolute Gasteiger partial charge is 0.480 e. The van der Waals surface area contributed by atoms with E-state index in [0.717, 1.165) is 27.6 Å². The Kier molecular flexibility index (Phi) is 4.25. The maximum Gasteiger partial charge on any atom is 0.322 e. The summed E-state index contributed by atoms with van der Waals surface area (Å²) in [6.45, 7) is 1.76. The third-order valence-corrected chi connectivity index (χ3v) is 4.18. The van der Waals surface area contributed by atoms with Crippen molar-refractivity contribution in [3.05, 3.63) is 60.6 Å². The fraction of sp³-hybridized carbons (Fsp3) is 0.100. The lowest BCUT2D eigenvalue weighted by Gasteiger charge is -2.09. The number of anilines is 1. The molecule has 1 aromatic carbocycles. The molecule has 0 spiro atoms. The average Bonchev–Trinajstić information content (AvgIpc) is 3.15. The molecule has 27 heavy (non-hydrogen) atoms. The first-order valence-electron chi connectivity index (χ1n) is 8.43. The summed E-state index contributed by atoms with van der Waals surface area (Å²) in [5.41, 5.74) is 4.61. The van der Waals surface area contributed by atoms with E-state index in [9.17, 15) is 4.79 Å². The fourth-order valence-electron chi connectivity index (χ4n) is 2.87. The Bertz CT molecular complexity index is 1100. The number of aromatic amines is 1. The number of hydrogen-bond donors (Lipinski definition) is 3. The van der Waals surface area contributed by atoms with Gasteiger partial charge in [-0.15, -0.1) is 0 Å². The van der Waals surface area contributed by atoms with Gasteiger partial charge in [0.1, 0.15) is 18.0 Å². The summed E-state index contributed by atoms with van der Waals surface area (Å²) in [7, 11) is 0. The van der Waals surface area contributed by atoms with Gasteiger partial charge >= 0.3 is 5.97 Å². The minimum Gasteiger partial charge on any atom is -0.480 e. The van der Waals surface area contributed by atoms with Crippen LogP contribution in [-0.4, -0.2) is 37.6 Å². The van der Waals surface area contributed by atoms with Gasteiger partial charge in [-0.25, -0.2) is 15.0 Å². The van der Waals surface area contributed by atoms with Gasteiger partial charge in [0.05, 0.1) is 0 Å². The molecule has 0 aliphatic carbocycles. The first kappa shape index (κ1) is 16.7. The maximum absolute atomic E-state index is 10.8. The molecule has 4 aromatic rings. The fourth-order valence-corrected chi connectivity index (χ4v) is 2.87. The van der Waals surface area contributed by atoms with Crippen LogP contribution in [0.4, 0.5) is 5.82 Å². The Labute approximate surface area is 155 Å². The molecule has 4 rings (SSSR count). The number of benzene rings is 1. The molecule has 3 heterocycles. The van der Waals surface area contributed by atoms with E-state index in [0.29, 0.717) is 17.3 Å². The molecule has 0 saturated heterocycles. The number of hydrogen-bond acceptors (Lipinski definition) is 5. The summed E-state index contributed by atoms with van der Waals surface area (Å²) in [6, 6.07) is 11.8. The van der Waals surface area contributed by atoms with Crippen LogP contribution in [0.5, 0.6) is 0 Å². The van der Waals surface area contributed by atoms with Crippen LogP contribution >= 0.6 is 0 Å². The van der Waals surface area contributed by atoms with Crippen LogP contribution in [0.15, 0.2) is 55.0 Å². The zero-order valence-electron chi connectivity index (χ0n) is 14.6. The van der Waals surface area contributed by atoms with E-state index in [1.165, 1.54) is 0 Å². The van der Waals surface area contributed by atoms with Crippen molar-refractivity contribution in [1.82, 2.24) is 19.9 Å². The molecule has 134 valence electrons. The molecule has 3 aromatic heterocycles. The van der Waals surface area contributed by atoms with Crippen molar-refractivity contribution in [3.63, 3.8) is 0 Å². The highest BCUT2D eigenvalue weighted by atomic mass is 16.4. The molecule has 0 atom stereocenters. The first-order chi connectivity index (χ1) is 13.1. The summed E-state index contributed by atoms with van der Waals surface area (Å²) in [6.07, 6.45) is 5.41. The third kappa shape index (κ3) is 3.48. The van der Waals surface area contributed by atoms with E-state index in [4.69, 9.17) is 5.11 Å². The molecule has 0 unspecified atom stereocenters. The van der Waals surface area contributed by atoms with Gasteiger partial charge in [-0.05, 0) is 35.7 Å². The molecule has 7 heteroatoms. The molecule has 0 aliphatic heterocycles. The quantitative estimate of drug-likeness (QED) is 0.504. The van der Waals surface area contributed by atoms with Crippen LogP contribution < -0.4 is 5.32 Å². The van der Waals surface area contributed by atoms with E-state index < -0.39 is 5.97 Å². The van der Waals surface area contributed by atoms with Crippen molar-refractivity contribution in [2.24, 2.45) is 0 Å². The number of fused-ring (bicyclic) bond motifs is 1. The highest BCUT2D eigenvalue weighted by molar-refractivity contribution is 5.95. The number of nitrogens with one attached hydrogen (secondary N) is 2. The Hall–Kier alpha value is -3.74. The Morgan fingerprint density at radius 2 is 1.81 bits per heavy atom. The SMILES string of the molecule is Cc1cnc(-c2ccc(-c3cc(NCC(=O)O)nc4[nH]ccc34)cc2)nc1. The van der Waals surface area contributed by atoms with E-state index in [1.54, 1.807) is 12.4 Å². The highest BCUT2D eigenvalue weighted by Gasteiger charge is 2.10. The van der Waals surface area contributed by atoms with Gasteiger partial charge in [0, 0.05) is 29.5 Å². The molecule has 0 fully saturated rings. The molecular formula is C20H17N5O2. The van der Waals surface area contributed by atoms with Crippen LogP contribution in [0.3, 0.4) is 0 Å². The van der Waals surface area contributed by atoms with Gasteiger partial charge in [0.2, 0.25) is 0 Å². The summed E-state index contributed by atoms with van der Waals surface area (Å²) >= 11 is 0. The smallest absolute Gasteiger partial charge is 0.322 e. The second kappa shape index (κ2) is 6.87. The second-order valence-corrected chi connectivity index (χ2v) is 6.20. The van der Waals surface area contributed by atoms with Crippen molar-refractivity contribution in [1.29, 1.82) is 0 Å². The van der Waals surface area contributed by atoms with Crippen LogP contribution in [0.2, 0.25) is 0 Å². The third-order valence-electron chi connectivity index (χ3n) is 4.18. The van der Waals surface area contributed by atoms with Crippen molar-refractivity contribution >= 4 is 22.8 Å². The van der Waals surface area contributed by atoms with E-state index >= 15 is 0 Å². The van der Waals surface area contributed by atoms with Crippen molar-refractivity contribution in [2.45, 2.75) is 6.92 Å². The lowest BCUT2D eigenvalue weighted by Crippen LogP contribution is -2.13. The van der Waals surface area contributed by atoms with Gasteiger partial charge in [0.15, 0.2) is 5.82 Å². The molecular weight excluding hydrogens is 342 g/mol. The van der Waals surface area contributed by atoms with Crippen molar-refractivity contribution in [3.8, 4) is 22.5 Å². The standard InChI is InChI=1S/C20H17N5O2/c1-12-9-23-19(24-10-12)14-4-2-13(3-5-14)16-8-17(22-11-18(26)27)25-20-15(16)6-7-21-20/h2-10H,11H2,1H3,(H,26,27)(H2,21,22,25). The predicted molar refractivity (Wildman–Crippen MR) is 103 cm³/mol. The molecule has 3 N–H and O–H groups in total. The summed E-state index contributed by atoms with van der Waals surface area (Å²) in [5.74, 6) is 0.248. The summed E-state index contributed by atoms with van der Waals surface area (Å²) in [4.78, 5) is 27.0. The minimum atomic E-state index is -0.938. The number of carboxylic acids is 1. The average molecular weight is 359 g/mol. The topological polar surface area (TPSA) is 104 Å². The van der Waals surface area contributed by atoms with Crippen LogP contribution in [0.25, 0.3) is 33.5 Å². The summed E-state index contributed by atoms with van der Waals surface area (Å²) < 4.78 is 0. The van der Waals surface area contributed by atoms with Crippen LogP contribution in [0, 0.1) is 6.92 Å². The summed E-state index contributed by atoms with van der Waals surface area (Å²) in [5, 5.41) is 12.7. The Morgan fingerprint density at radius 1 is 1.11 bits per heavy atom. The number of nitrogens with zero attached hydrogens (tertiary/aromatic N) is 3. The normalized spacial score (nSPS) is 10.9. The Morgan fingerprint density at radius 3 is 2.52 bits per heavy atom. The van der Waals surface area contributed by atoms with Gasteiger partial charge in [-0.3, -0.25) is 4.79 Å². The second-order valence-electron chi connectivity index (χ2n) is 6.20. The van der Waals surface area contributed by atoms with Crippen LogP contribution in [-0.2, 0) is 4.79 Å². The number of carbonyl (C=O) groups is 1. The van der Waals surface area contributed by atoms with Crippen molar-refractivity contribution < 1.29 is 9.90 Å². The number of aliphatic carboxylic acids is 1. The monoisotopic (exact) mass is 359 g/mol. The molecule has 0 radical (unpaired) electrons. The Balaban J connectivity index is 1.71. The molecule has 7 nitrogen and oxygen atoms in total. The van der Waals surface area contributed by atoms with E-state index in [2.05, 4.69) is 25.3 Å². The van der Waals surface area contributed by atoms with Gasteiger partial charge < -0.3 is 15.4 Å². The van der Waals surface area contributed by atoms with Gasteiger partial charge in [-0.2, -0.15) is 0 Å². The number of aromatic nitrogens is 4. The van der Waals surface area contributed by atoms with Crippen molar-refractivity contribution in [2.75, 3.05) is 11.9 Å². The highest BCUT2D eigenvalue weighted by Crippen LogP contribution is 2.31. The predicted octanol–water partition coefficient (Wildman–Crippen LogP) is 3.49. The van der Waals surface area contributed by atoms with Gasteiger partial charge in [0.25, 0.3) is 0 Å². The number of rotatable bonds is 5. The minimum absolute atomic E-state index is 0.192. The number of pyridine rings is 1. The molecule has 0 amide bonds.